The minimum absolute atomic E-state index is 0.494. The Kier molecular flexibility index (Phi) is 5.84. The Balaban J connectivity index is 0.000000956. The summed E-state index contributed by atoms with van der Waals surface area (Å²) in [5, 5.41) is 2.45. The zero-order valence-electron chi connectivity index (χ0n) is 11.7. The molecule has 20 heavy (non-hydrogen) atoms. The average molecular weight is 277 g/mol. The number of hydrogen-bond donors (Lipinski definition) is 1. The zero-order chi connectivity index (χ0) is 15.1. The van der Waals surface area contributed by atoms with Gasteiger partial charge < -0.3 is 5.32 Å². The van der Waals surface area contributed by atoms with Crippen LogP contribution in [0.4, 0.5) is 14.5 Å². The van der Waals surface area contributed by atoms with Crippen LogP contribution in [0.3, 0.4) is 0 Å². The Labute approximate surface area is 117 Å². The lowest BCUT2D eigenvalue weighted by Crippen LogP contribution is -2.15. The summed E-state index contributed by atoms with van der Waals surface area (Å²) in [6.07, 6.45) is 0. The molecule has 0 fully saturated rings. The highest BCUT2D eigenvalue weighted by Gasteiger charge is 2.16. The third-order valence-electron chi connectivity index (χ3n) is 2.50. The molecule has 0 bridgehead atoms. The van der Waals surface area contributed by atoms with Gasteiger partial charge in [0, 0.05) is 5.69 Å². The van der Waals surface area contributed by atoms with Crippen LogP contribution in [0, 0.1) is 18.6 Å². The van der Waals surface area contributed by atoms with E-state index in [1.807, 2.05) is 20.8 Å². The molecule has 0 aromatic heterocycles. The molecule has 2 rings (SSSR count). The van der Waals surface area contributed by atoms with Crippen molar-refractivity contribution in [3.05, 3.63) is 65.2 Å². The van der Waals surface area contributed by atoms with Gasteiger partial charge in [-0.25, -0.2) is 8.78 Å². The normalized spacial score (nSPS) is 9.45. The van der Waals surface area contributed by atoms with E-state index in [9.17, 15) is 13.6 Å². The second-order valence-corrected chi connectivity index (χ2v) is 3.92. The van der Waals surface area contributed by atoms with Crippen molar-refractivity contribution in [2.75, 3.05) is 5.32 Å². The Morgan fingerprint density at radius 1 is 0.950 bits per heavy atom. The minimum Gasteiger partial charge on any atom is -0.322 e. The molecule has 2 aromatic rings. The summed E-state index contributed by atoms with van der Waals surface area (Å²) in [6.45, 7) is 5.90. The van der Waals surface area contributed by atoms with Crippen molar-refractivity contribution < 1.29 is 13.6 Å². The van der Waals surface area contributed by atoms with Gasteiger partial charge in [0.2, 0.25) is 0 Å². The van der Waals surface area contributed by atoms with Crippen LogP contribution >= 0.6 is 0 Å². The number of amides is 1. The maximum absolute atomic E-state index is 13.4. The van der Waals surface area contributed by atoms with E-state index in [2.05, 4.69) is 5.32 Å². The van der Waals surface area contributed by atoms with Crippen LogP contribution in [0.5, 0.6) is 0 Å². The molecule has 0 radical (unpaired) electrons. The van der Waals surface area contributed by atoms with Crippen molar-refractivity contribution in [2.45, 2.75) is 20.8 Å². The zero-order valence-corrected chi connectivity index (χ0v) is 11.7. The molecule has 0 saturated heterocycles. The molecule has 2 aromatic carbocycles. The van der Waals surface area contributed by atoms with E-state index < -0.39 is 23.1 Å². The van der Waals surface area contributed by atoms with Gasteiger partial charge in [0.05, 0.1) is 0 Å². The fourth-order valence-corrected chi connectivity index (χ4v) is 1.55. The molecule has 0 unspecified atom stereocenters. The topological polar surface area (TPSA) is 29.1 Å². The fraction of sp³-hybridized carbons (Fsp3) is 0.188. The Morgan fingerprint density at radius 2 is 1.45 bits per heavy atom. The number of carbonyl (C=O) groups excluding carboxylic acids is 1. The Hall–Kier alpha value is -2.23. The molecule has 0 spiro atoms. The van der Waals surface area contributed by atoms with Crippen LogP contribution in [0.2, 0.25) is 0 Å². The summed E-state index contributed by atoms with van der Waals surface area (Å²) < 4.78 is 26.7. The van der Waals surface area contributed by atoms with Crippen LogP contribution < -0.4 is 5.32 Å². The second-order valence-electron chi connectivity index (χ2n) is 3.92. The van der Waals surface area contributed by atoms with E-state index in [0.29, 0.717) is 5.69 Å². The van der Waals surface area contributed by atoms with Gasteiger partial charge in [-0.1, -0.05) is 37.6 Å². The van der Waals surface area contributed by atoms with Gasteiger partial charge in [-0.3, -0.25) is 4.79 Å². The number of anilines is 1. The van der Waals surface area contributed by atoms with Gasteiger partial charge in [0.1, 0.15) is 17.2 Å². The smallest absolute Gasteiger partial charge is 0.261 e. The summed E-state index contributed by atoms with van der Waals surface area (Å²) in [7, 11) is 0. The predicted molar refractivity (Wildman–Crippen MR) is 76.8 cm³/mol. The van der Waals surface area contributed by atoms with Gasteiger partial charge in [0.25, 0.3) is 5.91 Å². The molecular weight excluding hydrogens is 260 g/mol. The van der Waals surface area contributed by atoms with Crippen molar-refractivity contribution >= 4 is 11.6 Å². The number of benzene rings is 2. The number of carbonyl (C=O) groups is 1. The fourth-order valence-electron chi connectivity index (χ4n) is 1.55. The molecule has 0 aliphatic heterocycles. The number of nitrogens with one attached hydrogen (secondary N) is 1. The van der Waals surface area contributed by atoms with Crippen molar-refractivity contribution in [3.8, 4) is 0 Å². The summed E-state index contributed by atoms with van der Waals surface area (Å²) in [5.74, 6) is -2.55. The Morgan fingerprint density at radius 3 is 1.95 bits per heavy atom. The largest absolute Gasteiger partial charge is 0.322 e. The lowest BCUT2D eigenvalue weighted by atomic mass is 10.1. The lowest BCUT2D eigenvalue weighted by molar-refractivity contribution is 0.101. The van der Waals surface area contributed by atoms with Gasteiger partial charge in [0.15, 0.2) is 0 Å². The van der Waals surface area contributed by atoms with E-state index in [0.717, 1.165) is 17.7 Å². The molecular formula is C16H17F2NO. The number of hydrogen-bond acceptors (Lipinski definition) is 1. The number of aryl methyl sites for hydroxylation is 1. The highest BCUT2D eigenvalue weighted by Crippen LogP contribution is 2.15. The first kappa shape index (κ1) is 15.8. The molecule has 0 aliphatic rings. The van der Waals surface area contributed by atoms with E-state index in [4.69, 9.17) is 0 Å². The van der Waals surface area contributed by atoms with Crippen LogP contribution in [-0.4, -0.2) is 5.91 Å². The molecule has 4 heteroatoms. The second kappa shape index (κ2) is 7.38. The van der Waals surface area contributed by atoms with E-state index >= 15 is 0 Å². The predicted octanol–water partition coefficient (Wildman–Crippen LogP) is 4.55. The first-order valence-electron chi connectivity index (χ1n) is 6.40. The van der Waals surface area contributed by atoms with E-state index in [-0.39, 0.29) is 0 Å². The van der Waals surface area contributed by atoms with Crippen LogP contribution in [0.1, 0.15) is 29.8 Å². The summed E-state index contributed by atoms with van der Waals surface area (Å²) >= 11 is 0. The SMILES string of the molecule is CC.Cc1ccc(NC(=O)c2c(F)cccc2F)cc1. The first-order valence-corrected chi connectivity index (χ1v) is 6.40. The average Bonchev–Trinajstić information content (AvgIpc) is 2.43. The van der Waals surface area contributed by atoms with Gasteiger partial charge in [-0.2, -0.15) is 0 Å². The standard InChI is InChI=1S/C14H11F2NO.C2H6/c1-9-5-7-10(8-6-9)17-14(18)13-11(15)3-2-4-12(13)16;1-2/h2-8H,1H3,(H,17,18);1-2H3. The number of rotatable bonds is 2. The van der Waals surface area contributed by atoms with E-state index in [1.54, 1.807) is 24.3 Å². The highest BCUT2D eigenvalue weighted by molar-refractivity contribution is 6.04. The van der Waals surface area contributed by atoms with Crippen LogP contribution in [0.15, 0.2) is 42.5 Å². The molecule has 0 aliphatic carbocycles. The van der Waals surface area contributed by atoms with Crippen LogP contribution in [-0.2, 0) is 0 Å². The molecule has 0 atom stereocenters. The van der Waals surface area contributed by atoms with Gasteiger partial charge in [-0.05, 0) is 31.2 Å². The maximum Gasteiger partial charge on any atom is 0.261 e. The summed E-state index contributed by atoms with van der Waals surface area (Å²) in [4.78, 5) is 11.7. The van der Waals surface area contributed by atoms with Gasteiger partial charge in [-0.15, -0.1) is 0 Å². The highest BCUT2D eigenvalue weighted by atomic mass is 19.1. The first-order chi connectivity index (χ1) is 9.58. The third-order valence-corrected chi connectivity index (χ3v) is 2.50. The Bertz CT molecular complexity index is 559. The molecule has 1 amide bonds. The summed E-state index contributed by atoms with van der Waals surface area (Å²) in [6, 6.07) is 10.3. The molecule has 0 heterocycles. The van der Waals surface area contributed by atoms with Crippen molar-refractivity contribution in [2.24, 2.45) is 0 Å². The third kappa shape index (κ3) is 3.88. The quantitative estimate of drug-likeness (QED) is 0.857. The van der Waals surface area contributed by atoms with Crippen molar-refractivity contribution in [3.63, 3.8) is 0 Å². The lowest BCUT2D eigenvalue weighted by Gasteiger charge is -2.07. The molecule has 106 valence electrons. The van der Waals surface area contributed by atoms with Crippen molar-refractivity contribution in [1.29, 1.82) is 0 Å². The molecule has 0 saturated carbocycles. The molecule has 2 nitrogen and oxygen atoms in total. The maximum atomic E-state index is 13.4. The van der Waals surface area contributed by atoms with Crippen molar-refractivity contribution in [1.82, 2.24) is 0 Å². The molecule has 1 N–H and O–H groups in total. The number of halogens is 2. The van der Waals surface area contributed by atoms with Gasteiger partial charge >= 0.3 is 0 Å². The monoisotopic (exact) mass is 277 g/mol. The van der Waals surface area contributed by atoms with Crippen LogP contribution in [0.25, 0.3) is 0 Å². The minimum atomic E-state index is -0.875. The summed E-state index contributed by atoms with van der Waals surface area (Å²) in [5.41, 5.74) is 0.955. The van der Waals surface area contributed by atoms with E-state index in [1.165, 1.54) is 6.07 Å².